The molecule has 0 radical (unpaired) electrons. The van der Waals surface area contributed by atoms with Gasteiger partial charge in [-0.25, -0.2) is 0 Å². The second kappa shape index (κ2) is 6.26. The molecule has 1 rings (SSSR count). The highest BCUT2D eigenvalue weighted by atomic mass is 79.9. The Bertz CT molecular complexity index is 297. The number of hydrogen-bond acceptors (Lipinski definition) is 2. The molecule has 0 bridgehead atoms. The summed E-state index contributed by atoms with van der Waals surface area (Å²) >= 11 is 3.41. The zero-order valence-corrected chi connectivity index (χ0v) is 10.7. The minimum atomic E-state index is -0.436. The van der Waals surface area contributed by atoms with E-state index in [9.17, 15) is 5.11 Å². The molecule has 2 atom stereocenters. The molecule has 0 fully saturated rings. The lowest BCUT2D eigenvalue weighted by atomic mass is 10.0. The van der Waals surface area contributed by atoms with Gasteiger partial charge in [0.2, 0.25) is 0 Å². The Morgan fingerprint density at radius 1 is 1.47 bits per heavy atom. The molecule has 0 aromatic heterocycles. The summed E-state index contributed by atoms with van der Waals surface area (Å²) < 4.78 is 6.24. The Labute approximate surface area is 99.4 Å². The lowest BCUT2D eigenvalue weighted by Crippen LogP contribution is -2.29. The standard InChI is InChI=1S/C12H17BrO2/c1-3-12(15-2)11(14)8-9-5-4-6-10(13)7-9/h4-7,11-12,14H,3,8H2,1-2H3. The molecule has 0 aliphatic heterocycles. The van der Waals surface area contributed by atoms with Gasteiger partial charge < -0.3 is 9.84 Å². The van der Waals surface area contributed by atoms with Gasteiger partial charge in [-0.05, 0) is 24.1 Å². The first-order valence-electron chi connectivity index (χ1n) is 5.12. The highest BCUT2D eigenvalue weighted by Crippen LogP contribution is 2.15. The third-order valence-corrected chi connectivity index (χ3v) is 2.96. The normalized spacial score (nSPS) is 14.9. The van der Waals surface area contributed by atoms with Crippen LogP contribution in [0.15, 0.2) is 28.7 Å². The van der Waals surface area contributed by atoms with Gasteiger partial charge in [0.05, 0.1) is 12.2 Å². The molecule has 1 aromatic rings. The third-order valence-electron chi connectivity index (χ3n) is 2.47. The number of rotatable bonds is 5. The second-order valence-electron chi connectivity index (χ2n) is 3.58. The number of halogens is 1. The summed E-state index contributed by atoms with van der Waals surface area (Å²) in [5.74, 6) is 0. The minimum absolute atomic E-state index is 0.0796. The van der Waals surface area contributed by atoms with Crippen LogP contribution < -0.4 is 0 Å². The number of aliphatic hydroxyl groups excluding tert-OH is 1. The average Bonchev–Trinajstić information content (AvgIpc) is 2.19. The topological polar surface area (TPSA) is 29.5 Å². The lowest BCUT2D eigenvalue weighted by molar-refractivity contribution is -0.0128. The van der Waals surface area contributed by atoms with Crippen LogP contribution in [0, 0.1) is 0 Å². The van der Waals surface area contributed by atoms with Crippen LogP contribution in [0.2, 0.25) is 0 Å². The molecule has 3 heteroatoms. The Morgan fingerprint density at radius 3 is 2.73 bits per heavy atom. The fourth-order valence-corrected chi connectivity index (χ4v) is 2.08. The van der Waals surface area contributed by atoms with E-state index in [4.69, 9.17) is 4.74 Å². The maximum Gasteiger partial charge on any atom is 0.0841 e. The summed E-state index contributed by atoms with van der Waals surface area (Å²) in [5, 5.41) is 9.91. The second-order valence-corrected chi connectivity index (χ2v) is 4.50. The molecule has 0 aliphatic carbocycles. The van der Waals surface area contributed by atoms with Gasteiger partial charge in [0.15, 0.2) is 0 Å². The average molecular weight is 273 g/mol. The molecule has 0 saturated heterocycles. The molecular weight excluding hydrogens is 256 g/mol. The zero-order valence-electron chi connectivity index (χ0n) is 9.11. The molecule has 1 aromatic carbocycles. The highest BCUT2D eigenvalue weighted by Gasteiger charge is 2.16. The zero-order chi connectivity index (χ0) is 11.3. The summed E-state index contributed by atoms with van der Waals surface area (Å²) in [6, 6.07) is 7.98. The summed E-state index contributed by atoms with van der Waals surface area (Å²) in [6.45, 7) is 2.01. The van der Waals surface area contributed by atoms with Gasteiger partial charge >= 0.3 is 0 Å². The van der Waals surface area contributed by atoms with Crippen molar-refractivity contribution in [1.29, 1.82) is 0 Å². The van der Waals surface area contributed by atoms with Crippen LogP contribution in [0.4, 0.5) is 0 Å². The first-order chi connectivity index (χ1) is 7.17. The number of aliphatic hydroxyl groups is 1. The van der Waals surface area contributed by atoms with Crippen molar-refractivity contribution in [3.63, 3.8) is 0 Å². The van der Waals surface area contributed by atoms with Crippen molar-refractivity contribution in [2.24, 2.45) is 0 Å². The van der Waals surface area contributed by atoms with Gasteiger partial charge in [-0.3, -0.25) is 0 Å². The Balaban J connectivity index is 2.61. The van der Waals surface area contributed by atoms with Crippen LogP contribution in [-0.4, -0.2) is 24.4 Å². The van der Waals surface area contributed by atoms with Crippen molar-refractivity contribution >= 4 is 15.9 Å². The van der Waals surface area contributed by atoms with Gasteiger partial charge in [0.1, 0.15) is 0 Å². The molecule has 84 valence electrons. The molecule has 0 spiro atoms. The number of hydrogen-bond donors (Lipinski definition) is 1. The van der Waals surface area contributed by atoms with Crippen molar-refractivity contribution < 1.29 is 9.84 Å². The monoisotopic (exact) mass is 272 g/mol. The van der Waals surface area contributed by atoms with Crippen LogP contribution in [0.1, 0.15) is 18.9 Å². The molecule has 2 nitrogen and oxygen atoms in total. The Hall–Kier alpha value is -0.380. The SMILES string of the molecule is CCC(OC)C(O)Cc1cccc(Br)c1. The summed E-state index contributed by atoms with van der Waals surface area (Å²) in [7, 11) is 1.64. The number of benzene rings is 1. The van der Waals surface area contributed by atoms with Gasteiger partial charge in [-0.1, -0.05) is 35.0 Å². The van der Waals surface area contributed by atoms with E-state index in [2.05, 4.69) is 15.9 Å². The molecular formula is C12H17BrO2. The Morgan fingerprint density at radius 2 is 2.20 bits per heavy atom. The van der Waals surface area contributed by atoms with Crippen molar-refractivity contribution in [3.8, 4) is 0 Å². The third kappa shape index (κ3) is 3.93. The largest absolute Gasteiger partial charge is 0.390 e. The van der Waals surface area contributed by atoms with Gasteiger partial charge in [0, 0.05) is 18.0 Å². The van der Waals surface area contributed by atoms with Gasteiger partial charge in [0.25, 0.3) is 0 Å². The number of ether oxygens (including phenoxy) is 1. The summed E-state index contributed by atoms with van der Waals surface area (Å²) in [4.78, 5) is 0. The van der Waals surface area contributed by atoms with Crippen LogP contribution in [-0.2, 0) is 11.2 Å². The smallest absolute Gasteiger partial charge is 0.0841 e. The van der Waals surface area contributed by atoms with E-state index >= 15 is 0 Å². The van der Waals surface area contributed by atoms with Crippen molar-refractivity contribution in [2.75, 3.05) is 7.11 Å². The van der Waals surface area contributed by atoms with E-state index in [0.717, 1.165) is 16.5 Å². The number of methoxy groups -OCH3 is 1. The maximum absolute atomic E-state index is 9.91. The van der Waals surface area contributed by atoms with E-state index < -0.39 is 6.10 Å². The first-order valence-corrected chi connectivity index (χ1v) is 5.92. The van der Waals surface area contributed by atoms with Crippen molar-refractivity contribution in [2.45, 2.75) is 32.0 Å². The first kappa shape index (κ1) is 12.7. The lowest BCUT2D eigenvalue weighted by Gasteiger charge is -2.20. The van der Waals surface area contributed by atoms with Crippen LogP contribution in [0.3, 0.4) is 0 Å². The summed E-state index contributed by atoms with van der Waals surface area (Å²) in [6.07, 6.45) is 0.940. The molecule has 15 heavy (non-hydrogen) atoms. The molecule has 0 saturated carbocycles. The summed E-state index contributed by atoms with van der Waals surface area (Å²) in [5.41, 5.74) is 1.12. The fraction of sp³-hybridized carbons (Fsp3) is 0.500. The van der Waals surface area contributed by atoms with E-state index in [0.29, 0.717) is 6.42 Å². The van der Waals surface area contributed by atoms with Crippen LogP contribution in [0.25, 0.3) is 0 Å². The molecule has 0 aliphatic rings. The fourth-order valence-electron chi connectivity index (χ4n) is 1.63. The predicted molar refractivity (Wildman–Crippen MR) is 64.9 cm³/mol. The van der Waals surface area contributed by atoms with Crippen molar-refractivity contribution in [1.82, 2.24) is 0 Å². The Kier molecular flexibility index (Phi) is 5.29. The molecule has 0 heterocycles. The van der Waals surface area contributed by atoms with Crippen molar-refractivity contribution in [3.05, 3.63) is 34.3 Å². The van der Waals surface area contributed by atoms with Gasteiger partial charge in [-0.2, -0.15) is 0 Å². The van der Waals surface area contributed by atoms with E-state index in [1.54, 1.807) is 7.11 Å². The van der Waals surface area contributed by atoms with Crippen LogP contribution >= 0.6 is 15.9 Å². The molecule has 2 unspecified atom stereocenters. The molecule has 0 amide bonds. The minimum Gasteiger partial charge on any atom is -0.390 e. The van der Waals surface area contributed by atoms with Gasteiger partial charge in [-0.15, -0.1) is 0 Å². The van der Waals surface area contributed by atoms with E-state index in [1.165, 1.54) is 0 Å². The van der Waals surface area contributed by atoms with Crippen LogP contribution in [0.5, 0.6) is 0 Å². The maximum atomic E-state index is 9.91. The van der Waals surface area contributed by atoms with E-state index in [1.807, 2.05) is 31.2 Å². The predicted octanol–water partition coefficient (Wildman–Crippen LogP) is 2.78. The molecule has 1 N–H and O–H groups in total. The quantitative estimate of drug-likeness (QED) is 0.893. The van der Waals surface area contributed by atoms with E-state index in [-0.39, 0.29) is 6.10 Å². The highest BCUT2D eigenvalue weighted by molar-refractivity contribution is 9.10.